The summed E-state index contributed by atoms with van der Waals surface area (Å²) in [5.74, 6) is -3.45. The number of carboxylic acid groups (broad SMARTS) is 2. The number of benzene rings is 2. The van der Waals surface area contributed by atoms with Crippen molar-refractivity contribution in [1.29, 1.82) is 0 Å². The van der Waals surface area contributed by atoms with Gasteiger partial charge in [0.2, 0.25) is 0 Å². The Morgan fingerprint density at radius 2 is 0.742 bits per heavy atom. The summed E-state index contributed by atoms with van der Waals surface area (Å²) in [4.78, 5) is 28.8. The van der Waals surface area contributed by atoms with E-state index in [1.54, 1.807) is 0 Å². The van der Waals surface area contributed by atoms with Crippen LogP contribution < -0.4 is 0 Å². The highest BCUT2D eigenvalue weighted by molar-refractivity contribution is 7.81. The number of phenolic OH excluding ortho intramolecular Hbond substituents is 2. The van der Waals surface area contributed by atoms with Gasteiger partial charge < -0.3 is 20.4 Å². The van der Waals surface area contributed by atoms with Gasteiger partial charge >= 0.3 is 11.9 Å². The summed E-state index contributed by atoms with van der Waals surface area (Å²) in [5, 5.41) is 47.1. The number of hydrogen-bond acceptors (Lipinski definition) is 5. The Morgan fingerprint density at radius 1 is 0.470 bits per heavy atom. The Kier molecular flexibility index (Phi) is 23.7. The smallest absolute Gasteiger partial charge is 0.322 e. The van der Waals surface area contributed by atoms with Crippen molar-refractivity contribution >= 4 is 24.6 Å². The Balaban J connectivity index is 2.88. The molecule has 1 unspecified atom stereocenters. The molecule has 0 radical (unpaired) electrons. The summed E-state index contributed by atoms with van der Waals surface area (Å²) in [7, 11) is 0. The molecule has 6 nitrogen and oxygen atoms in total. The third kappa shape index (κ3) is 18.0. The molecule has 0 aliphatic carbocycles. The molecule has 1 atom stereocenters. The highest BCUT2D eigenvalue weighted by Crippen LogP contribution is 2.52. The minimum absolute atomic E-state index is 0.164. The van der Waals surface area contributed by atoms with Crippen LogP contribution in [0.25, 0.3) is 0 Å². The summed E-state index contributed by atoms with van der Waals surface area (Å²) in [6, 6.07) is 7.48. The van der Waals surface area contributed by atoms with E-state index in [1.165, 1.54) is 89.9 Å². The van der Waals surface area contributed by atoms with Gasteiger partial charge in [-0.25, -0.2) is 0 Å². The zero-order valence-corrected chi connectivity index (χ0v) is 45.8. The fraction of sp³-hybridized carbons (Fsp3) is 0.763. The van der Waals surface area contributed by atoms with Crippen LogP contribution in [0, 0.1) is 5.41 Å². The van der Waals surface area contributed by atoms with Gasteiger partial charge in [0.25, 0.3) is 0 Å². The van der Waals surface area contributed by atoms with E-state index in [-0.39, 0.29) is 24.3 Å². The molecule has 2 rings (SSSR count). The molecule has 0 saturated carbocycles. The lowest BCUT2D eigenvalue weighted by atomic mass is 9.63. The number of aromatic hydroxyl groups is 2. The lowest BCUT2D eigenvalue weighted by molar-refractivity contribution is -0.167. The largest absolute Gasteiger partial charge is 0.507 e. The second-order valence-electron chi connectivity index (χ2n) is 24.6. The van der Waals surface area contributed by atoms with Crippen LogP contribution in [0.5, 0.6) is 11.5 Å². The van der Waals surface area contributed by atoms with E-state index in [1.807, 2.05) is 107 Å². The van der Waals surface area contributed by atoms with Gasteiger partial charge in [-0.1, -0.05) is 250 Å². The molecule has 66 heavy (non-hydrogen) atoms. The number of carboxylic acids is 2. The molecule has 0 aromatic heterocycles. The molecule has 0 spiro atoms. The molecule has 4 N–H and O–H groups in total. The normalized spacial score (nSPS) is 13.6. The fourth-order valence-corrected chi connectivity index (χ4v) is 10.6. The first kappa shape index (κ1) is 59.5. The molecule has 0 saturated heterocycles. The topological polar surface area (TPSA) is 115 Å². The number of rotatable bonds is 30. The Morgan fingerprint density at radius 3 is 1.02 bits per heavy atom. The molecule has 7 heteroatoms. The number of carbonyl (C=O) groups is 2. The first-order valence-corrected chi connectivity index (χ1v) is 27.0. The molecule has 0 aliphatic heterocycles. The molecule has 2 aromatic rings. The number of hydrogen-bond donors (Lipinski definition) is 5. The first-order chi connectivity index (χ1) is 30.6. The molecule has 378 valence electrons. The second-order valence-corrected chi connectivity index (χ2v) is 25.6. The van der Waals surface area contributed by atoms with Gasteiger partial charge in [0.1, 0.15) is 11.5 Å². The standard InChI is InChI=1S/C59H100O6S/c1-15-17-19-21-23-25-27-29-31-33-35-58(66,36-34-32-30-28-26-24-22-20-18-16-2)42-49(44-39-47(56(9,10)11)51(61)48(40-44)57(12,13)14)59(52(62)63,53(64)65)41-43-37-45(54(3,4)5)50(60)46(38-43)55(6,7)8/h37-40,49,60-61,66H,15-36,41-42H2,1-14H3,(H,62,63)(H,64,65). The lowest BCUT2D eigenvalue weighted by Gasteiger charge is -2.41. The summed E-state index contributed by atoms with van der Waals surface area (Å²) >= 11 is 5.62. The summed E-state index contributed by atoms with van der Waals surface area (Å²) in [6.45, 7) is 28.8. The van der Waals surface area contributed by atoms with Crippen LogP contribution in [0.1, 0.15) is 284 Å². The van der Waals surface area contributed by atoms with Gasteiger partial charge in [-0.15, -0.1) is 0 Å². The Bertz CT molecular complexity index is 1670. The van der Waals surface area contributed by atoms with Gasteiger partial charge in [0, 0.05) is 10.7 Å². The predicted molar refractivity (Wildman–Crippen MR) is 284 cm³/mol. The van der Waals surface area contributed by atoms with Crippen molar-refractivity contribution in [3.8, 4) is 11.5 Å². The number of aliphatic carboxylic acids is 2. The monoisotopic (exact) mass is 937 g/mol. The maximum Gasteiger partial charge on any atom is 0.322 e. The highest BCUT2D eigenvalue weighted by atomic mass is 32.1. The van der Waals surface area contributed by atoms with Crippen molar-refractivity contribution in [2.24, 2.45) is 5.41 Å². The van der Waals surface area contributed by atoms with Crippen LogP contribution in [0.2, 0.25) is 0 Å². The van der Waals surface area contributed by atoms with E-state index in [4.69, 9.17) is 12.6 Å². The molecule has 0 bridgehead atoms. The number of phenols is 2. The van der Waals surface area contributed by atoms with Gasteiger partial charge in [0.05, 0.1) is 0 Å². The van der Waals surface area contributed by atoms with Crippen LogP contribution in [0.4, 0.5) is 0 Å². The van der Waals surface area contributed by atoms with Crippen LogP contribution in [-0.4, -0.2) is 37.1 Å². The van der Waals surface area contributed by atoms with E-state index in [0.717, 1.165) is 51.4 Å². The molecule has 2 aromatic carbocycles. The third-order valence-electron chi connectivity index (χ3n) is 14.4. The van der Waals surface area contributed by atoms with Crippen LogP contribution >= 0.6 is 12.6 Å². The minimum atomic E-state index is -2.31. The molecule has 0 amide bonds. The van der Waals surface area contributed by atoms with Crippen LogP contribution in [0.15, 0.2) is 24.3 Å². The third-order valence-corrected chi connectivity index (χ3v) is 15.0. The highest BCUT2D eigenvalue weighted by Gasteiger charge is 2.56. The number of thiol groups is 1. The predicted octanol–water partition coefficient (Wildman–Crippen LogP) is 17.5. The van der Waals surface area contributed by atoms with Gasteiger partial charge in [-0.2, -0.15) is 12.6 Å². The van der Waals surface area contributed by atoms with Crippen molar-refractivity contribution < 1.29 is 30.0 Å². The molecular weight excluding hydrogens is 837 g/mol. The van der Waals surface area contributed by atoms with Gasteiger partial charge in [-0.05, 0) is 80.7 Å². The van der Waals surface area contributed by atoms with E-state index < -0.39 is 49.7 Å². The minimum Gasteiger partial charge on any atom is -0.507 e. The van der Waals surface area contributed by atoms with Gasteiger partial charge in [0.15, 0.2) is 5.41 Å². The fourth-order valence-electron chi connectivity index (χ4n) is 10.1. The maximum atomic E-state index is 14.4. The molecule has 0 heterocycles. The van der Waals surface area contributed by atoms with Crippen molar-refractivity contribution in [2.45, 2.75) is 283 Å². The zero-order valence-electron chi connectivity index (χ0n) is 44.9. The molecular formula is C59H100O6S. The van der Waals surface area contributed by atoms with Gasteiger partial charge in [-0.3, -0.25) is 9.59 Å². The van der Waals surface area contributed by atoms with E-state index >= 15 is 0 Å². The maximum absolute atomic E-state index is 14.4. The quantitative estimate of drug-likeness (QED) is 0.0303. The average molecular weight is 938 g/mol. The first-order valence-electron chi connectivity index (χ1n) is 26.5. The van der Waals surface area contributed by atoms with Crippen LogP contribution in [-0.2, 0) is 37.7 Å². The average Bonchev–Trinajstić information content (AvgIpc) is 3.19. The van der Waals surface area contributed by atoms with Crippen molar-refractivity contribution in [3.05, 3.63) is 57.6 Å². The number of unbranched alkanes of at least 4 members (excludes halogenated alkanes) is 18. The van der Waals surface area contributed by atoms with E-state index in [2.05, 4.69) is 13.8 Å². The van der Waals surface area contributed by atoms with Crippen LogP contribution in [0.3, 0.4) is 0 Å². The SMILES string of the molecule is CCCCCCCCCCCCC(S)(CCCCCCCCCCCC)CC(c1cc(C(C)(C)C)c(O)c(C(C)(C)C)c1)C(Cc1cc(C(C)(C)C)c(O)c(C(C)(C)C)c1)(C(=O)O)C(=O)O. The Hall–Kier alpha value is -2.67. The van der Waals surface area contributed by atoms with Crippen molar-refractivity contribution in [2.75, 3.05) is 0 Å². The summed E-state index contributed by atoms with van der Waals surface area (Å²) in [5.41, 5.74) is -0.525. The Labute approximate surface area is 410 Å². The summed E-state index contributed by atoms with van der Waals surface area (Å²) in [6.07, 6.45) is 25.5. The van der Waals surface area contributed by atoms with E-state index in [0.29, 0.717) is 33.4 Å². The molecule has 0 fully saturated rings. The molecule has 0 aliphatic rings. The van der Waals surface area contributed by atoms with Crippen molar-refractivity contribution in [1.82, 2.24) is 0 Å². The zero-order chi connectivity index (χ0) is 50.1. The lowest BCUT2D eigenvalue weighted by Crippen LogP contribution is -2.48. The van der Waals surface area contributed by atoms with E-state index in [9.17, 15) is 30.0 Å². The second kappa shape index (κ2) is 26.3. The van der Waals surface area contributed by atoms with Crippen molar-refractivity contribution in [3.63, 3.8) is 0 Å². The summed E-state index contributed by atoms with van der Waals surface area (Å²) < 4.78 is -0.648.